The largest absolute Gasteiger partial charge is 0.116 e. The smallest absolute Gasteiger partial charge is 0.0753 e. The second kappa shape index (κ2) is 4.74. The Kier molecular flexibility index (Phi) is 3.71. The van der Waals surface area contributed by atoms with Crippen LogP contribution in [0.3, 0.4) is 0 Å². The summed E-state index contributed by atoms with van der Waals surface area (Å²) in [5.41, 5.74) is 0. The summed E-state index contributed by atoms with van der Waals surface area (Å²) in [4.78, 5) is 0. The lowest BCUT2D eigenvalue weighted by atomic mass is 9.77. The highest BCUT2D eigenvalue weighted by molar-refractivity contribution is 6.53. The van der Waals surface area contributed by atoms with Crippen molar-refractivity contribution in [2.75, 3.05) is 0 Å². The Bertz CT molecular complexity index is 238. The van der Waals surface area contributed by atoms with Gasteiger partial charge in [0.1, 0.15) is 7.28 Å². The molecule has 1 saturated heterocycles. The summed E-state index contributed by atoms with van der Waals surface area (Å²) < 4.78 is 0. The summed E-state index contributed by atoms with van der Waals surface area (Å²) in [5.74, 6) is 6.75. The second-order valence-electron chi connectivity index (χ2n) is 6.75. The van der Waals surface area contributed by atoms with Gasteiger partial charge in [-0.1, -0.05) is 52.7 Å². The molecule has 1 aliphatic heterocycles. The Morgan fingerprint density at radius 1 is 1.19 bits per heavy atom. The van der Waals surface area contributed by atoms with Gasteiger partial charge in [-0.25, -0.2) is 0 Å². The van der Waals surface area contributed by atoms with Crippen LogP contribution < -0.4 is 0 Å². The van der Waals surface area contributed by atoms with Crippen LogP contribution in [0.25, 0.3) is 0 Å². The Morgan fingerprint density at radius 2 is 1.81 bits per heavy atom. The van der Waals surface area contributed by atoms with Crippen molar-refractivity contribution in [3.63, 3.8) is 0 Å². The van der Waals surface area contributed by atoms with Gasteiger partial charge >= 0.3 is 0 Å². The van der Waals surface area contributed by atoms with Gasteiger partial charge in [-0.05, 0) is 42.4 Å². The maximum Gasteiger partial charge on any atom is 0.116 e. The van der Waals surface area contributed by atoms with Gasteiger partial charge in [0.25, 0.3) is 0 Å². The lowest BCUT2D eigenvalue weighted by Crippen LogP contribution is -2.20. The van der Waals surface area contributed by atoms with Crippen LogP contribution in [0.15, 0.2) is 0 Å². The summed E-state index contributed by atoms with van der Waals surface area (Å²) in [7, 11) is 2.56. The predicted molar refractivity (Wildman–Crippen MR) is 72.9 cm³/mol. The Labute approximate surface area is 103 Å². The fourth-order valence-corrected chi connectivity index (χ4v) is 4.04. The van der Waals surface area contributed by atoms with Crippen LogP contribution in [-0.2, 0) is 0 Å². The predicted octanol–water partition coefficient (Wildman–Crippen LogP) is 4.65. The normalized spacial score (nSPS) is 46.2. The molecule has 0 amide bonds. The van der Waals surface area contributed by atoms with E-state index in [9.17, 15) is 0 Å². The fourth-order valence-electron chi connectivity index (χ4n) is 4.04. The van der Waals surface area contributed by atoms with Gasteiger partial charge in [-0.15, -0.1) is 0 Å². The molecule has 0 aromatic rings. The van der Waals surface area contributed by atoms with Gasteiger partial charge in [0.2, 0.25) is 0 Å². The average molecular weight is 219 g/mol. The maximum atomic E-state index is 2.56. The van der Waals surface area contributed by atoms with Gasteiger partial charge < -0.3 is 0 Å². The lowest BCUT2D eigenvalue weighted by Gasteiger charge is -2.28. The molecule has 0 aromatic carbocycles. The zero-order chi connectivity index (χ0) is 11.9. The summed E-state index contributed by atoms with van der Waals surface area (Å²) in [5, 5.41) is 0. The van der Waals surface area contributed by atoms with E-state index in [1.807, 2.05) is 0 Å². The van der Waals surface area contributed by atoms with E-state index in [0.29, 0.717) is 0 Å². The van der Waals surface area contributed by atoms with Crippen LogP contribution >= 0.6 is 0 Å². The summed E-state index contributed by atoms with van der Waals surface area (Å²) in [6.45, 7) is 12.2. The number of hydrogen-bond acceptors (Lipinski definition) is 0. The van der Waals surface area contributed by atoms with Gasteiger partial charge in [0, 0.05) is 0 Å². The molecule has 1 heteroatoms. The van der Waals surface area contributed by atoms with E-state index in [4.69, 9.17) is 0 Å². The maximum absolute atomic E-state index is 2.56. The molecule has 2 fully saturated rings. The summed E-state index contributed by atoms with van der Waals surface area (Å²) >= 11 is 0. The van der Waals surface area contributed by atoms with E-state index < -0.39 is 0 Å². The van der Waals surface area contributed by atoms with Crippen molar-refractivity contribution in [3.05, 3.63) is 0 Å². The molecule has 0 nitrogen and oxygen atoms in total. The molecule has 0 N–H and O–H groups in total. The van der Waals surface area contributed by atoms with Gasteiger partial charge in [0.05, 0.1) is 0 Å². The van der Waals surface area contributed by atoms with Crippen LogP contribution in [0, 0.1) is 29.6 Å². The first-order valence-corrected chi connectivity index (χ1v) is 7.39. The van der Waals surface area contributed by atoms with Crippen molar-refractivity contribution in [3.8, 4) is 0 Å². The van der Waals surface area contributed by atoms with Crippen LogP contribution in [0.5, 0.6) is 0 Å². The minimum Gasteiger partial charge on any atom is -0.0753 e. The molecule has 1 radical (unpaired) electrons. The van der Waals surface area contributed by atoms with Crippen LogP contribution in [-0.4, -0.2) is 7.28 Å². The SMILES string of the molecule is CCC(C)C(C)C1CC(C2[B]C2C)CC1C. The van der Waals surface area contributed by atoms with Crippen molar-refractivity contribution >= 4 is 7.28 Å². The van der Waals surface area contributed by atoms with E-state index in [2.05, 4.69) is 41.9 Å². The summed E-state index contributed by atoms with van der Waals surface area (Å²) in [6.07, 6.45) is 4.36. The Hall–Kier alpha value is 0.0649. The van der Waals surface area contributed by atoms with E-state index >= 15 is 0 Å². The molecule has 1 heterocycles. The molecule has 16 heavy (non-hydrogen) atoms. The summed E-state index contributed by atoms with van der Waals surface area (Å²) in [6, 6.07) is 0. The van der Waals surface area contributed by atoms with Crippen LogP contribution in [0.1, 0.15) is 53.9 Å². The highest BCUT2D eigenvalue weighted by atomic mass is 14.4. The van der Waals surface area contributed by atoms with Crippen LogP contribution in [0.4, 0.5) is 0 Å². The third kappa shape index (κ3) is 2.34. The Morgan fingerprint density at radius 3 is 2.31 bits per heavy atom. The first-order chi connectivity index (χ1) is 7.54. The van der Waals surface area contributed by atoms with Gasteiger partial charge in [-0.3, -0.25) is 0 Å². The van der Waals surface area contributed by atoms with Crippen molar-refractivity contribution in [1.82, 2.24) is 0 Å². The van der Waals surface area contributed by atoms with Crippen molar-refractivity contribution in [2.45, 2.75) is 65.5 Å². The van der Waals surface area contributed by atoms with Crippen molar-refractivity contribution < 1.29 is 0 Å². The zero-order valence-corrected chi connectivity index (χ0v) is 11.7. The van der Waals surface area contributed by atoms with E-state index in [1.165, 1.54) is 19.3 Å². The molecule has 0 bridgehead atoms. The molecule has 1 saturated carbocycles. The highest BCUT2D eigenvalue weighted by Gasteiger charge is 2.46. The molecule has 0 spiro atoms. The average Bonchev–Trinajstić information content (AvgIpc) is 2.86. The molecule has 7 unspecified atom stereocenters. The Balaban J connectivity index is 1.91. The fraction of sp³-hybridized carbons (Fsp3) is 1.00. The molecular formula is C15H28B. The van der Waals surface area contributed by atoms with E-state index in [0.717, 1.165) is 41.2 Å². The first-order valence-electron chi connectivity index (χ1n) is 7.39. The van der Waals surface area contributed by atoms with E-state index in [-0.39, 0.29) is 0 Å². The van der Waals surface area contributed by atoms with Crippen molar-refractivity contribution in [1.29, 1.82) is 0 Å². The van der Waals surface area contributed by atoms with Crippen molar-refractivity contribution in [2.24, 2.45) is 29.6 Å². The molecule has 0 aromatic heterocycles. The zero-order valence-electron chi connectivity index (χ0n) is 11.7. The standard InChI is InChI=1S/C15H28B/c1-6-9(2)11(4)14-8-13(7-10(14)3)15-12(5)16-15/h9-15H,6-8H2,1-5H3. The third-order valence-electron chi connectivity index (χ3n) is 5.73. The topological polar surface area (TPSA) is 0 Å². The molecule has 2 rings (SSSR count). The van der Waals surface area contributed by atoms with E-state index in [1.54, 1.807) is 0 Å². The minimum absolute atomic E-state index is 0.909. The van der Waals surface area contributed by atoms with Gasteiger partial charge in [0.15, 0.2) is 0 Å². The molecule has 1 aliphatic carbocycles. The third-order valence-corrected chi connectivity index (χ3v) is 5.73. The molecular weight excluding hydrogens is 191 g/mol. The molecule has 7 atom stereocenters. The van der Waals surface area contributed by atoms with Crippen LogP contribution in [0.2, 0.25) is 11.6 Å². The monoisotopic (exact) mass is 219 g/mol. The highest BCUT2D eigenvalue weighted by Crippen LogP contribution is 2.56. The number of rotatable bonds is 4. The molecule has 91 valence electrons. The quantitative estimate of drug-likeness (QED) is 0.604. The number of hydrogen-bond donors (Lipinski definition) is 0. The second-order valence-corrected chi connectivity index (χ2v) is 6.75. The van der Waals surface area contributed by atoms with Gasteiger partial charge in [-0.2, -0.15) is 0 Å². The lowest BCUT2D eigenvalue weighted by molar-refractivity contribution is 0.215. The first kappa shape index (κ1) is 12.5. The minimum atomic E-state index is 0.909. The molecule has 2 aliphatic rings.